The molecule has 1 N–H and O–H groups in total. The van der Waals surface area contributed by atoms with E-state index in [1.807, 2.05) is 7.05 Å². The van der Waals surface area contributed by atoms with Crippen molar-refractivity contribution in [3.63, 3.8) is 0 Å². The highest BCUT2D eigenvalue weighted by Gasteiger charge is 2.30. The smallest absolute Gasteiger partial charge is 0.317 e. The number of aryl methyl sites for hydroxylation is 1. The molecule has 0 radical (unpaired) electrons. The van der Waals surface area contributed by atoms with Gasteiger partial charge in [-0.1, -0.05) is 13.8 Å². The predicted octanol–water partition coefficient (Wildman–Crippen LogP) is 2.82. The van der Waals surface area contributed by atoms with Gasteiger partial charge >= 0.3 is 6.03 Å². The van der Waals surface area contributed by atoms with Gasteiger partial charge in [0.25, 0.3) is 0 Å². The molecule has 1 atom stereocenters. The van der Waals surface area contributed by atoms with Gasteiger partial charge in [-0.25, -0.2) is 4.79 Å². The molecule has 4 nitrogen and oxygen atoms in total. The highest BCUT2D eigenvalue weighted by Crippen LogP contribution is 2.34. The van der Waals surface area contributed by atoms with Gasteiger partial charge in [0.05, 0.1) is 13.2 Å². The van der Waals surface area contributed by atoms with Crippen LogP contribution in [0.4, 0.5) is 4.79 Å². The number of hydrogen-bond acceptors (Lipinski definition) is 2. The van der Waals surface area contributed by atoms with Crippen molar-refractivity contribution in [3.8, 4) is 5.75 Å². The summed E-state index contributed by atoms with van der Waals surface area (Å²) in [4.78, 5) is 13.4. The molecule has 1 fully saturated rings. The number of rotatable bonds is 3. The maximum atomic E-state index is 11.6. The third-order valence-corrected chi connectivity index (χ3v) is 3.83. The van der Waals surface area contributed by atoms with Gasteiger partial charge in [-0.2, -0.15) is 0 Å². The molecule has 104 valence electrons. The first kappa shape index (κ1) is 13.7. The van der Waals surface area contributed by atoms with E-state index >= 15 is 0 Å². The summed E-state index contributed by atoms with van der Waals surface area (Å²) in [6.45, 7) is 7.04. The number of likely N-dealkylation sites (N-methyl/N-ethyl adjacent to an activating group) is 1. The Hall–Kier alpha value is -1.71. The van der Waals surface area contributed by atoms with E-state index < -0.39 is 0 Å². The van der Waals surface area contributed by atoms with Crippen LogP contribution < -0.4 is 10.1 Å². The number of nitrogens with zero attached hydrogens (tertiary/aromatic N) is 1. The van der Waals surface area contributed by atoms with Gasteiger partial charge in [-0.15, -0.1) is 0 Å². The molecule has 2 amide bonds. The summed E-state index contributed by atoms with van der Waals surface area (Å²) in [5.41, 5.74) is 3.55. The molecular weight excluding hydrogens is 240 g/mol. The number of ether oxygens (including phenoxy) is 1. The molecule has 1 aromatic rings. The van der Waals surface area contributed by atoms with Gasteiger partial charge in [-0.3, -0.25) is 0 Å². The second kappa shape index (κ2) is 5.11. The Labute approximate surface area is 114 Å². The van der Waals surface area contributed by atoms with E-state index in [9.17, 15) is 4.79 Å². The standard InChI is InChI=1S/C15H22N2O2/c1-9(2)11-7-12(10(3)6-14(11)19-5)13-8-16-15(18)17(13)4/h6-7,9,13H,8H2,1-5H3,(H,16,18). The average Bonchev–Trinajstić information content (AvgIpc) is 2.69. The van der Waals surface area contributed by atoms with Crippen LogP contribution in [0, 0.1) is 6.92 Å². The van der Waals surface area contributed by atoms with Gasteiger partial charge in [0.15, 0.2) is 0 Å². The van der Waals surface area contributed by atoms with E-state index in [0.29, 0.717) is 12.5 Å². The van der Waals surface area contributed by atoms with Crippen LogP contribution in [0.3, 0.4) is 0 Å². The number of hydrogen-bond donors (Lipinski definition) is 1. The van der Waals surface area contributed by atoms with Crippen molar-refractivity contribution in [1.29, 1.82) is 0 Å². The van der Waals surface area contributed by atoms with Crippen molar-refractivity contribution >= 4 is 6.03 Å². The van der Waals surface area contributed by atoms with Gasteiger partial charge in [0.1, 0.15) is 5.75 Å². The van der Waals surface area contributed by atoms with E-state index in [-0.39, 0.29) is 12.1 Å². The molecule has 1 aliphatic heterocycles. The van der Waals surface area contributed by atoms with Crippen LogP contribution in [0.5, 0.6) is 5.75 Å². The Bertz CT molecular complexity index is 497. The number of nitrogens with one attached hydrogen (secondary N) is 1. The monoisotopic (exact) mass is 262 g/mol. The van der Waals surface area contributed by atoms with Crippen LogP contribution in [0.2, 0.25) is 0 Å². The third-order valence-electron chi connectivity index (χ3n) is 3.83. The van der Waals surface area contributed by atoms with E-state index in [1.54, 1.807) is 12.0 Å². The first-order valence-corrected chi connectivity index (χ1v) is 6.64. The van der Waals surface area contributed by atoms with Crippen molar-refractivity contribution in [2.24, 2.45) is 0 Å². The molecule has 0 bridgehead atoms. The lowest BCUT2D eigenvalue weighted by molar-refractivity contribution is 0.216. The minimum atomic E-state index is -0.00804. The van der Waals surface area contributed by atoms with Crippen molar-refractivity contribution in [2.45, 2.75) is 32.7 Å². The second-order valence-electron chi connectivity index (χ2n) is 5.42. The molecule has 1 aliphatic rings. The largest absolute Gasteiger partial charge is 0.496 e. The summed E-state index contributed by atoms with van der Waals surface area (Å²) in [6.07, 6.45) is 0. The Kier molecular flexibility index (Phi) is 3.69. The molecule has 19 heavy (non-hydrogen) atoms. The summed E-state index contributed by atoms with van der Waals surface area (Å²) < 4.78 is 5.46. The molecule has 2 rings (SSSR count). The first-order valence-electron chi connectivity index (χ1n) is 6.64. The quantitative estimate of drug-likeness (QED) is 0.910. The molecule has 0 spiro atoms. The van der Waals surface area contributed by atoms with Crippen molar-refractivity contribution < 1.29 is 9.53 Å². The fourth-order valence-corrected chi connectivity index (χ4v) is 2.61. The maximum absolute atomic E-state index is 11.6. The zero-order chi connectivity index (χ0) is 14.2. The zero-order valence-corrected chi connectivity index (χ0v) is 12.3. The van der Waals surface area contributed by atoms with Gasteiger partial charge in [0.2, 0.25) is 0 Å². The van der Waals surface area contributed by atoms with Crippen molar-refractivity contribution in [2.75, 3.05) is 20.7 Å². The van der Waals surface area contributed by atoms with E-state index in [0.717, 1.165) is 11.3 Å². The molecule has 0 aliphatic carbocycles. The minimum Gasteiger partial charge on any atom is -0.496 e. The van der Waals surface area contributed by atoms with E-state index in [4.69, 9.17) is 4.74 Å². The molecule has 1 aromatic carbocycles. The molecular formula is C15H22N2O2. The van der Waals surface area contributed by atoms with Crippen LogP contribution in [-0.2, 0) is 0 Å². The van der Waals surface area contributed by atoms with Crippen LogP contribution in [0.15, 0.2) is 12.1 Å². The van der Waals surface area contributed by atoms with Crippen molar-refractivity contribution in [3.05, 3.63) is 28.8 Å². The van der Waals surface area contributed by atoms with Crippen LogP contribution in [0.1, 0.15) is 42.5 Å². The average molecular weight is 262 g/mol. The lowest BCUT2D eigenvalue weighted by atomic mass is 9.93. The number of carbonyl (C=O) groups is 1. The summed E-state index contributed by atoms with van der Waals surface area (Å²) in [6, 6.07) is 4.35. The lowest BCUT2D eigenvalue weighted by Gasteiger charge is -2.23. The normalized spacial score (nSPS) is 18.9. The molecule has 0 aromatic heterocycles. The predicted molar refractivity (Wildman–Crippen MR) is 75.7 cm³/mol. The summed E-state index contributed by atoms with van der Waals surface area (Å²) in [5.74, 6) is 1.32. The Morgan fingerprint density at radius 1 is 1.42 bits per heavy atom. The molecule has 1 heterocycles. The second-order valence-corrected chi connectivity index (χ2v) is 5.42. The van der Waals surface area contributed by atoms with Gasteiger partial charge in [0, 0.05) is 13.6 Å². The number of urea groups is 1. The molecule has 1 unspecified atom stereocenters. The fourth-order valence-electron chi connectivity index (χ4n) is 2.61. The van der Waals surface area contributed by atoms with Gasteiger partial charge in [-0.05, 0) is 41.7 Å². The van der Waals surface area contributed by atoms with E-state index in [1.165, 1.54) is 11.1 Å². The number of methoxy groups -OCH3 is 1. The van der Waals surface area contributed by atoms with Gasteiger partial charge < -0.3 is 15.0 Å². The number of benzene rings is 1. The highest BCUT2D eigenvalue weighted by molar-refractivity contribution is 5.77. The first-order chi connectivity index (χ1) is 8.95. The Morgan fingerprint density at radius 2 is 2.11 bits per heavy atom. The summed E-state index contributed by atoms with van der Waals surface area (Å²) in [5, 5.41) is 2.88. The summed E-state index contributed by atoms with van der Waals surface area (Å²) in [7, 11) is 3.54. The zero-order valence-electron chi connectivity index (χ0n) is 12.3. The molecule has 1 saturated heterocycles. The minimum absolute atomic E-state index is 0.00804. The Balaban J connectivity index is 2.46. The fraction of sp³-hybridized carbons (Fsp3) is 0.533. The molecule has 0 saturated carbocycles. The topological polar surface area (TPSA) is 41.6 Å². The maximum Gasteiger partial charge on any atom is 0.317 e. The lowest BCUT2D eigenvalue weighted by Crippen LogP contribution is -2.25. The van der Waals surface area contributed by atoms with Crippen LogP contribution >= 0.6 is 0 Å². The number of carbonyl (C=O) groups excluding carboxylic acids is 1. The SMILES string of the molecule is COc1cc(C)c(C2CNC(=O)N2C)cc1C(C)C. The molecule has 4 heteroatoms. The van der Waals surface area contributed by atoms with Crippen LogP contribution in [0.25, 0.3) is 0 Å². The number of amides is 2. The summed E-state index contributed by atoms with van der Waals surface area (Å²) >= 11 is 0. The van der Waals surface area contributed by atoms with Crippen molar-refractivity contribution in [1.82, 2.24) is 10.2 Å². The van der Waals surface area contributed by atoms with Crippen LogP contribution in [-0.4, -0.2) is 31.6 Å². The Morgan fingerprint density at radius 3 is 2.58 bits per heavy atom. The highest BCUT2D eigenvalue weighted by atomic mass is 16.5. The van der Waals surface area contributed by atoms with E-state index in [2.05, 4.69) is 38.2 Å². The third kappa shape index (κ3) is 2.39.